The Labute approximate surface area is 81.3 Å². The molecule has 68 valence electrons. The maximum atomic E-state index is 4.07. The molecular formula is C8H14BrN3. The maximum absolute atomic E-state index is 4.07. The van der Waals surface area contributed by atoms with Crippen LogP contribution in [0.25, 0.3) is 0 Å². The van der Waals surface area contributed by atoms with E-state index in [2.05, 4.69) is 39.9 Å². The second-order valence-corrected chi connectivity index (χ2v) is 3.92. The van der Waals surface area contributed by atoms with Gasteiger partial charge in [0.2, 0.25) is 0 Å². The van der Waals surface area contributed by atoms with Crippen LogP contribution < -0.4 is 0 Å². The van der Waals surface area contributed by atoms with Crippen LogP contribution in [0.15, 0.2) is 12.7 Å². The van der Waals surface area contributed by atoms with E-state index >= 15 is 0 Å². The van der Waals surface area contributed by atoms with Gasteiger partial charge in [-0.25, -0.2) is 4.98 Å². The summed E-state index contributed by atoms with van der Waals surface area (Å²) in [5.41, 5.74) is 0. The van der Waals surface area contributed by atoms with Gasteiger partial charge in [-0.2, -0.15) is 5.10 Å². The first-order valence-electron chi connectivity index (χ1n) is 4.12. The third kappa shape index (κ3) is 2.59. The molecule has 1 heterocycles. The van der Waals surface area contributed by atoms with Crippen LogP contribution in [0.3, 0.4) is 0 Å². The zero-order valence-electron chi connectivity index (χ0n) is 7.44. The zero-order chi connectivity index (χ0) is 8.97. The summed E-state index contributed by atoms with van der Waals surface area (Å²) >= 11 is 3.50. The average Bonchev–Trinajstić information content (AvgIpc) is 2.51. The largest absolute Gasteiger partial charge is 0.253 e. The monoisotopic (exact) mass is 231 g/mol. The summed E-state index contributed by atoms with van der Waals surface area (Å²) in [6.07, 6.45) is 3.34. The van der Waals surface area contributed by atoms with Gasteiger partial charge in [-0.05, 0) is 11.8 Å². The SMILES string of the molecule is CC(C)C(CBr)Cn1cncn1. The van der Waals surface area contributed by atoms with E-state index in [1.54, 1.807) is 12.7 Å². The van der Waals surface area contributed by atoms with Gasteiger partial charge in [-0.3, -0.25) is 4.68 Å². The summed E-state index contributed by atoms with van der Waals surface area (Å²) in [6.45, 7) is 5.40. The number of nitrogens with zero attached hydrogens (tertiary/aromatic N) is 3. The van der Waals surface area contributed by atoms with Gasteiger partial charge in [0.15, 0.2) is 0 Å². The van der Waals surface area contributed by atoms with Crippen LogP contribution in [-0.4, -0.2) is 20.1 Å². The van der Waals surface area contributed by atoms with E-state index in [1.807, 2.05) is 4.68 Å². The van der Waals surface area contributed by atoms with Gasteiger partial charge in [0.05, 0.1) is 0 Å². The molecule has 0 fully saturated rings. The van der Waals surface area contributed by atoms with Crippen molar-refractivity contribution in [3.8, 4) is 0 Å². The lowest BCUT2D eigenvalue weighted by atomic mass is 9.98. The topological polar surface area (TPSA) is 30.7 Å². The molecule has 0 amide bonds. The molecule has 0 saturated heterocycles. The summed E-state index contributed by atoms with van der Waals surface area (Å²) < 4.78 is 1.88. The number of halogens is 1. The molecule has 0 aliphatic carbocycles. The van der Waals surface area contributed by atoms with Gasteiger partial charge in [0.25, 0.3) is 0 Å². The van der Waals surface area contributed by atoms with Crippen molar-refractivity contribution in [3.63, 3.8) is 0 Å². The van der Waals surface area contributed by atoms with Gasteiger partial charge in [0.1, 0.15) is 12.7 Å². The van der Waals surface area contributed by atoms with Crippen LogP contribution in [0.2, 0.25) is 0 Å². The quantitative estimate of drug-likeness (QED) is 0.743. The highest BCUT2D eigenvalue weighted by molar-refractivity contribution is 9.09. The minimum atomic E-state index is 0.631. The third-order valence-corrected chi connectivity index (χ3v) is 2.86. The fraction of sp³-hybridized carbons (Fsp3) is 0.750. The summed E-state index contributed by atoms with van der Waals surface area (Å²) in [6, 6.07) is 0. The smallest absolute Gasteiger partial charge is 0.137 e. The molecule has 3 nitrogen and oxygen atoms in total. The highest BCUT2D eigenvalue weighted by Gasteiger charge is 2.12. The minimum absolute atomic E-state index is 0.631. The van der Waals surface area contributed by atoms with Crippen molar-refractivity contribution < 1.29 is 0 Å². The number of hydrogen-bond donors (Lipinski definition) is 0. The van der Waals surface area contributed by atoms with Gasteiger partial charge in [-0.15, -0.1) is 0 Å². The molecule has 0 aliphatic heterocycles. The Morgan fingerprint density at radius 2 is 2.25 bits per heavy atom. The fourth-order valence-electron chi connectivity index (χ4n) is 1.01. The first-order valence-corrected chi connectivity index (χ1v) is 5.24. The van der Waals surface area contributed by atoms with Crippen molar-refractivity contribution >= 4 is 15.9 Å². The van der Waals surface area contributed by atoms with Crippen molar-refractivity contribution in [2.24, 2.45) is 11.8 Å². The van der Waals surface area contributed by atoms with E-state index in [9.17, 15) is 0 Å². The van der Waals surface area contributed by atoms with E-state index in [0.29, 0.717) is 11.8 Å². The van der Waals surface area contributed by atoms with Crippen molar-refractivity contribution in [2.75, 3.05) is 5.33 Å². The Morgan fingerprint density at radius 3 is 2.67 bits per heavy atom. The molecule has 0 N–H and O–H groups in total. The zero-order valence-corrected chi connectivity index (χ0v) is 9.03. The van der Waals surface area contributed by atoms with Crippen molar-refractivity contribution in [2.45, 2.75) is 20.4 Å². The van der Waals surface area contributed by atoms with Gasteiger partial charge in [-0.1, -0.05) is 29.8 Å². The van der Waals surface area contributed by atoms with Crippen molar-refractivity contribution in [1.29, 1.82) is 0 Å². The van der Waals surface area contributed by atoms with Gasteiger partial charge in [0, 0.05) is 11.9 Å². The molecule has 1 rings (SSSR count). The Bertz CT molecular complexity index is 208. The Balaban J connectivity index is 2.48. The summed E-state index contributed by atoms with van der Waals surface area (Å²) in [5.74, 6) is 1.31. The molecule has 0 aromatic carbocycles. The van der Waals surface area contributed by atoms with Crippen molar-refractivity contribution in [1.82, 2.24) is 14.8 Å². The van der Waals surface area contributed by atoms with Crippen molar-refractivity contribution in [3.05, 3.63) is 12.7 Å². The highest BCUT2D eigenvalue weighted by Crippen LogP contribution is 2.15. The third-order valence-electron chi connectivity index (χ3n) is 2.03. The number of aromatic nitrogens is 3. The highest BCUT2D eigenvalue weighted by atomic mass is 79.9. The molecule has 0 saturated carbocycles. The number of hydrogen-bond acceptors (Lipinski definition) is 2. The van der Waals surface area contributed by atoms with E-state index in [1.165, 1.54) is 0 Å². The lowest BCUT2D eigenvalue weighted by Crippen LogP contribution is -2.18. The fourth-order valence-corrected chi connectivity index (χ4v) is 1.96. The second kappa shape index (κ2) is 4.60. The van der Waals surface area contributed by atoms with E-state index in [-0.39, 0.29) is 0 Å². The number of rotatable bonds is 4. The standard InChI is InChI=1S/C8H14BrN3/c1-7(2)8(3-9)4-12-6-10-5-11-12/h5-8H,3-4H2,1-2H3. The molecule has 4 heteroatoms. The predicted octanol–water partition coefficient (Wildman–Crippen LogP) is 1.95. The Morgan fingerprint density at radius 1 is 1.50 bits per heavy atom. The van der Waals surface area contributed by atoms with Crippen LogP contribution in [-0.2, 0) is 6.54 Å². The first kappa shape index (κ1) is 9.71. The minimum Gasteiger partial charge on any atom is -0.253 e. The lowest BCUT2D eigenvalue weighted by molar-refractivity contribution is 0.356. The summed E-state index contributed by atoms with van der Waals surface area (Å²) in [4.78, 5) is 3.91. The van der Waals surface area contributed by atoms with E-state index < -0.39 is 0 Å². The summed E-state index contributed by atoms with van der Waals surface area (Å²) in [7, 11) is 0. The Kier molecular flexibility index (Phi) is 3.72. The predicted molar refractivity (Wildman–Crippen MR) is 52.1 cm³/mol. The van der Waals surface area contributed by atoms with E-state index in [4.69, 9.17) is 0 Å². The van der Waals surface area contributed by atoms with Crippen LogP contribution in [0.5, 0.6) is 0 Å². The van der Waals surface area contributed by atoms with E-state index in [0.717, 1.165) is 11.9 Å². The molecule has 1 aromatic rings. The maximum Gasteiger partial charge on any atom is 0.137 e. The van der Waals surface area contributed by atoms with Crippen LogP contribution in [0, 0.1) is 11.8 Å². The molecule has 1 unspecified atom stereocenters. The molecule has 1 atom stereocenters. The van der Waals surface area contributed by atoms with Crippen LogP contribution in [0.4, 0.5) is 0 Å². The molecule has 0 bridgehead atoms. The molecule has 0 aliphatic rings. The Hall–Kier alpha value is -0.380. The van der Waals surface area contributed by atoms with Gasteiger partial charge < -0.3 is 0 Å². The van der Waals surface area contributed by atoms with Crippen LogP contribution >= 0.6 is 15.9 Å². The second-order valence-electron chi connectivity index (χ2n) is 3.28. The van der Waals surface area contributed by atoms with Gasteiger partial charge >= 0.3 is 0 Å². The molecular weight excluding hydrogens is 218 g/mol. The normalized spacial score (nSPS) is 13.7. The molecule has 1 aromatic heterocycles. The lowest BCUT2D eigenvalue weighted by Gasteiger charge is -2.17. The summed E-state index contributed by atoms with van der Waals surface area (Å²) in [5, 5.41) is 5.09. The number of alkyl halides is 1. The molecule has 0 spiro atoms. The molecule has 0 radical (unpaired) electrons. The average molecular weight is 232 g/mol. The molecule has 12 heavy (non-hydrogen) atoms. The first-order chi connectivity index (χ1) is 5.74. The van der Waals surface area contributed by atoms with Crippen LogP contribution in [0.1, 0.15) is 13.8 Å².